The lowest BCUT2D eigenvalue weighted by atomic mass is 10.1. The zero-order valence-electron chi connectivity index (χ0n) is 11.9. The van der Waals surface area contributed by atoms with Crippen molar-refractivity contribution in [1.82, 2.24) is 9.55 Å². The van der Waals surface area contributed by atoms with E-state index in [1.807, 2.05) is 34.6 Å². The van der Waals surface area contributed by atoms with Crippen LogP contribution >= 0.6 is 0 Å². The fourth-order valence-electron chi connectivity index (χ4n) is 1.89. The van der Waals surface area contributed by atoms with E-state index in [0.717, 1.165) is 6.42 Å². The molecule has 1 rings (SSSR count). The highest BCUT2D eigenvalue weighted by atomic mass is 16.1. The van der Waals surface area contributed by atoms with Crippen LogP contribution in [0, 0.1) is 0 Å². The molecule has 0 saturated carbocycles. The molecule has 0 aliphatic carbocycles. The molecule has 0 fully saturated rings. The van der Waals surface area contributed by atoms with Gasteiger partial charge in [0.25, 0.3) is 5.56 Å². The number of rotatable bonds is 4. The summed E-state index contributed by atoms with van der Waals surface area (Å²) in [5, 5.41) is 3.13. The van der Waals surface area contributed by atoms with Gasteiger partial charge in [-0.1, -0.05) is 0 Å². The Kier molecular flexibility index (Phi) is 4.51. The highest BCUT2D eigenvalue weighted by Gasteiger charge is 2.17. The number of aromatic nitrogens is 2. The number of nitrogens with two attached hydrogens (primary N) is 1. The van der Waals surface area contributed by atoms with E-state index in [-0.39, 0.29) is 23.2 Å². The average molecular weight is 252 g/mol. The molecule has 0 radical (unpaired) electrons. The molecule has 2 atom stereocenters. The van der Waals surface area contributed by atoms with E-state index in [1.165, 1.54) is 0 Å². The quantitative estimate of drug-likeness (QED) is 0.852. The second-order valence-corrected chi connectivity index (χ2v) is 5.88. The Bertz CT molecular complexity index is 445. The molecule has 5 nitrogen and oxygen atoms in total. The summed E-state index contributed by atoms with van der Waals surface area (Å²) in [4.78, 5) is 16.4. The highest BCUT2D eigenvalue weighted by Crippen LogP contribution is 2.11. The average Bonchev–Trinajstić information content (AvgIpc) is 2.18. The van der Waals surface area contributed by atoms with Crippen molar-refractivity contribution in [2.24, 2.45) is 5.73 Å². The molecule has 0 saturated heterocycles. The second kappa shape index (κ2) is 5.52. The molecule has 2 unspecified atom stereocenters. The van der Waals surface area contributed by atoms with E-state index in [2.05, 4.69) is 10.3 Å². The first-order valence-corrected chi connectivity index (χ1v) is 6.32. The monoisotopic (exact) mass is 252 g/mol. The normalized spacial score (nSPS) is 15.2. The van der Waals surface area contributed by atoms with Crippen LogP contribution in [-0.4, -0.2) is 21.6 Å². The van der Waals surface area contributed by atoms with Crippen molar-refractivity contribution in [3.8, 4) is 0 Å². The van der Waals surface area contributed by atoms with Gasteiger partial charge in [-0.15, -0.1) is 0 Å². The summed E-state index contributed by atoms with van der Waals surface area (Å²) in [5.41, 5.74) is 5.40. The van der Waals surface area contributed by atoms with Crippen molar-refractivity contribution < 1.29 is 0 Å². The second-order valence-electron chi connectivity index (χ2n) is 5.88. The fourth-order valence-corrected chi connectivity index (χ4v) is 1.89. The summed E-state index contributed by atoms with van der Waals surface area (Å²) in [5.74, 6) is 0.389. The van der Waals surface area contributed by atoms with Gasteiger partial charge in [-0.05, 0) is 41.0 Å². The Balaban J connectivity index is 2.95. The lowest BCUT2D eigenvalue weighted by Gasteiger charge is -2.23. The predicted octanol–water partition coefficient (Wildman–Crippen LogP) is 1.54. The molecule has 1 aromatic heterocycles. The number of hydrogen-bond donors (Lipinski definition) is 2. The van der Waals surface area contributed by atoms with Gasteiger partial charge in [0.2, 0.25) is 0 Å². The number of nitrogens with zero attached hydrogens (tertiary/aromatic N) is 2. The van der Waals surface area contributed by atoms with Gasteiger partial charge in [-0.3, -0.25) is 4.79 Å². The molecule has 0 aromatic carbocycles. The smallest absolute Gasteiger partial charge is 0.293 e. The maximum absolute atomic E-state index is 12.2. The summed E-state index contributed by atoms with van der Waals surface area (Å²) in [6.45, 7) is 9.92. The van der Waals surface area contributed by atoms with Crippen molar-refractivity contribution in [1.29, 1.82) is 0 Å². The first kappa shape index (κ1) is 14.7. The summed E-state index contributed by atoms with van der Waals surface area (Å²) in [6.07, 6.45) is 4.16. The molecular formula is C13H24N4O. The van der Waals surface area contributed by atoms with Crippen LogP contribution in [0.15, 0.2) is 17.2 Å². The van der Waals surface area contributed by atoms with Gasteiger partial charge in [0, 0.05) is 30.0 Å². The zero-order valence-corrected chi connectivity index (χ0v) is 11.9. The SMILES string of the molecule is CC(N)CC(C)Nc1nccn(C(C)(C)C)c1=O. The van der Waals surface area contributed by atoms with Crippen LogP contribution in [0.3, 0.4) is 0 Å². The van der Waals surface area contributed by atoms with E-state index in [9.17, 15) is 4.79 Å². The van der Waals surface area contributed by atoms with Crippen molar-refractivity contribution in [3.63, 3.8) is 0 Å². The first-order valence-electron chi connectivity index (χ1n) is 6.32. The molecule has 0 amide bonds. The van der Waals surface area contributed by atoms with Gasteiger partial charge in [0.05, 0.1) is 0 Å². The topological polar surface area (TPSA) is 72.9 Å². The van der Waals surface area contributed by atoms with Crippen LogP contribution in [0.2, 0.25) is 0 Å². The molecule has 3 N–H and O–H groups in total. The van der Waals surface area contributed by atoms with E-state index >= 15 is 0 Å². The van der Waals surface area contributed by atoms with Crippen LogP contribution in [0.4, 0.5) is 5.82 Å². The molecular weight excluding hydrogens is 228 g/mol. The molecule has 0 spiro atoms. The van der Waals surface area contributed by atoms with Crippen molar-refractivity contribution >= 4 is 5.82 Å². The minimum Gasteiger partial charge on any atom is -0.363 e. The maximum Gasteiger partial charge on any atom is 0.293 e. The fraction of sp³-hybridized carbons (Fsp3) is 0.692. The zero-order chi connectivity index (χ0) is 13.9. The molecule has 0 bridgehead atoms. The maximum atomic E-state index is 12.2. The molecule has 5 heteroatoms. The van der Waals surface area contributed by atoms with Gasteiger partial charge >= 0.3 is 0 Å². The van der Waals surface area contributed by atoms with Gasteiger partial charge in [-0.25, -0.2) is 4.98 Å². The lowest BCUT2D eigenvalue weighted by Crippen LogP contribution is -2.37. The van der Waals surface area contributed by atoms with Crippen LogP contribution in [0.5, 0.6) is 0 Å². The largest absolute Gasteiger partial charge is 0.363 e. The Morgan fingerprint density at radius 2 is 2.06 bits per heavy atom. The number of hydrogen-bond acceptors (Lipinski definition) is 4. The number of anilines is 1. The van der Waals surface area contributed by atoms with Crippen LogP contribution in [0.1, 0.15) is 41.0 Å². The predicted molar refractivity (Wildman–Crippen MR) is 74.8 cm³/mol. The summed E-state index contributed by atoms with van der Waals surface area (Å²) < 4.78 is 1.68. The van der Waals surface area contributed by atoms with E-state index < -0.39 is 0 Å². The van der Waals surface area contributed by atoms with Crippen LogP contribution in [-0.2, 0) is 5.54 Å². The van der Waals surface area contributed by atoms with Crippen molar-refractivity contribution in [3.05, 3.63) is 22.7 Å². The molecule has 0 aliphatic heterocycles. The third kappa shape index (κ3) is 3.84. The Morgan fingerprint density at radius 3 is 2.56 bits per heavy atom. The van der Waals surface area contributed by atoms with Crippen molar-refractivity contribution in [2.45, 2.75) is 58.7 Å². The molecule has 0 aliphatic rings. The van der Waals surface area contributed by atoms with Gasteiger partial charge < -0.3 is 15.6 Å². The minimum absolute atomic E-state index is 0.0958. The van der Waals surface area contributed by atoms with Crippen LogP contribution < -0.4 is 16.6 Å². The molecule has 102 valence electrons. The lowest BCUT2D eigenvalue weighted by molar-refractivity contribution is 0.383. The Morgan fingerprint density at radius 1 is 1.44 bits per heavy atom. The van der Waals surface area contributed by atoms with Gasteiger partial charge in [0.15, 0.2) is 5.82 Å². The van der Waals surface area contributed by atoms with Gasteiger partial charge in [-0.2, -0.15) is 0 Å². The van der Waals surface area contributed by atoms with E-state index in [4.69, 9.17) is 5.73 Å². The van der Waals surface area contributed by atoms with Crippen molar-refractivity contribution in [2.75, 3.05) is 5.32 Å². The van der Waals surface area contributed by atoms with E-state index in [1.54, 1.807) is 17.0 Å². The summed E-state index contributed by atoms with van der Waals surface area (Å²) >= 11 is 0. The third-order valence-corrected chi connectivity index (χ3v) is 2.67. The Hall–Kier alpha value is -1.36. The molecule has 1 aromatic rings. The molecule has 18 heavy (non-hydrogen) atoms. The first-order chi connectivity index (χ1) is 8.21. The third-order valence-electron chi connectivity index (χ3n) is 2.67. The minimum atomic E-state index is -0.249. The summed E-state index contributed by atoms with van der Waals surface area (Å²) in [7, 11) is 0. The Labute approximate surface area is 108 Å². The standard InChI is InChI=1S/C13H24N4O/c1-9(14)8-10(2)16-11-12(18)17(7-6-15-11)13(3,4)5/h6-7,9-10H,8,14H2,1-5H3,(H,15,16). The molecule has 1 heterocycles. The summed E-state index contributed by atoms with van der Waals surface area (Å²) in [6, 6.07) is 0.224. The van der Waals surface area contributed by atoms with Gasteiger partial charge in [0.1, 0.15) is 0 Å². The number of nitrogens with one attached hydrogen (secondary N) is 1. The highest BCUT2D eigenvalue weighted by molar-refractivity contribution is 5.32. The van der Waals surface area contributed by atoms with E-state index in [0.29, 0.717) is 5.82 Å². The van der Waals surface area contributed by atoms with Crippen LogP contribution in [0.25, 0.3) is 0 Å².